The molecule has 0 heterocycles. The van der Waals surface area contributed by atoms with Crippen LogP contribution in [0, 0.1) is 5.92 Å². The molecule has 1 atom stereocenters. The van der Waals surface area contributed by atoms with Crippen LogP contribution in [0.25, 0.3) is 0 Å². The highest BCUT2D eigenvalue weighted by molar-refractivity contribution is 9.10. The molecule has 1 aromatic rings. The molecule has 0 amide bonds. The normalized spacial score (nSPS) is 12.8. The van der Waals surface area contributed by atoms with Crippen molar-refractivity contribution in [3.63, 3.8) is 0 Å². The minimum absolute atomic E-state index is 0.394. The van der Waals surface area contributed by atoms with E-state index in [0.29, 0.717) is 12.0 Å². The molecule has 2 nitrogen and oxygen atoms in total. The van der Waals surface area contributed by atoms with Crippen LogP contribution in [0.5, 0.6) is 5.75 Å². The third kappa shape index (κ3) is 3.46. The molecule has 0 aliphatic heterocycles. The van der Waals surface area contributed by atoms with Gasteiger partial charge >= 0.3 is 0 Å². The number of methoxy groups -OCH3 is 1. The number of rotatable bonds is 6. The zero-order chi connectivity index (χ0) is 12.8. The summed E-state index contributed by atoms with van der Waals surface area (Å²) in [6.07, 6.45) is 2.36. The van der Waals surface area contributed by atoms with Gasteiger partial charge in [-0.25, -0.2) is 0 Å². The Morgan fingerprint density at radius 1 is 1.29 bits per heavy atom. The summed E-state index contributed by atoms with van der Waals surface area (Å²) >= 11 is 3.64. The van der Waals surface area contributed by atoms with Gasteiger partial charge in [-0.1, -0.05) is 48.7 Å². The predicted octanol–water partition coefficient (Wildman–Crippen LogP) is 4.15. The Kier molecular flexibility index (Phi) is 6.00. The summed E-state index contributed by atoms with van der Waals surface area (Å²) < 4.78 is 6.34. The Morgan fingerprint density at radius 3 is 2.35 bits per heavy atom. The van der Waals surface area contributed by atoms with Crippen molar-refractivity contribution in [3.8, 4) is 5.75 Å². The van der Waals surface area contributed by atoms with Crippen molar-refractivity contribution >= 4 is 15.9 Å². The summed E-state index contributed by atoms with van der Waals surface area (Å²) in [7, 11) is 3.72. The molecule has 1 rings (SSSR count). The van der Waals surface area contributed by atoms with Gasteiger partial charge in [-0.15, -0.1) is 0 Å². The summed E-state index contributed by atoms with van der Waals surface area (Å²) in [4.78, 5) is 0. The van der Waals surface area contributed by atoms with Crippen molar-refractivity contribution in [1.82, 2.24) is 5.32 Å². The zero-order valence-corrected chi connectivity index (χ0v) is 12.7. The second-order valence-electron chi connectivity index (χ2n) is 4.23. The average molecular weight is 300 g/mol. The minimum Gasteiger partial charge on any atom is -0.497 e. The third-order valence-corrected chi connectivity index (χ3v) is 4.06. The smallest absolute Gasteiger partial charge is 0.120 e. The summed E-state index contributed by atoms with van der Waals surface area (Å²) in [5.41, 5.74) is 1.31. The number of hydrogen-bond acceptors (Lipinski definition) is 2. The number of benzene rings is 1. The van der Waals surface area contributed by atoms with Crippen LogP contribution >= 0.6 is 15.9 Å². The molecule has 0 spiro atoms. The molecule has 0 saturated carbocycles. The lowest BCUT2D eigenvalue weighted by Crippen LogP contribution is -2.25. The topological polar surface area (TPSA) is 21.3 Å². The van der Waals surface area contributed by atoms with E-state index in [-0.39, 0.29) is 0 Å². The van der Waals surface area contributed by atoms with Gasteiger partial charge in [0.05, 0.1) is 7.11 Å². The maximum Gasteiger partial charge on any atom is 0.120 e. The monoisotopic (exact) mass is 299 g/mol. The van der Waals surface area contributed by atoms with E-state index in [0.717, 1.165) is 10.2 Å². The Bertz CT molecular complexity index is 350. The Balaban J connectivity index is 3.03. The highest BCUT2D eigenvalue weighted by Gasteiger charge is 2.20. The number of nitrogens with one attached hydrogen (secondary N) is 1. The molecule has 1 unspecified atom stereocenters. The van der Waals surface area contributed by atoms with Crippen LogP contribution in [-0.4, -0.2) is 14.2 Å². The Labute approximate surface area is 113 Å². The third-order valence-electron chi connectivity index (χ3n) is 3.37. The van der Waals surface area contributed by atoms with E-state index in [1.165, 1.54) is 18.4 Å². The summed E-state index contributed by atoms with van der Waals surface area (Å²) in [6.45, 7) is 4.49. The fraction of sp³-hybridized carbons (Fsp3) is 0.571. The molecule has 0 bridgehead atoms. The van der Waals surface area contributed by atoms with Crippen LogP contribution in [0.2, 0.25) is 0 Å². The lowest BCUT2D eigenvalue weighted by atomic mass is 9.89. The molecule has 96 valence electrons. The molecule has 0 aromatic heterocycles. The molecule has 0 saturated heterocycles. The average Bonchev–Trinajstić information content (AvgIpc) is 2.36. The summed E-state index contributed by atoms with van der Waals surface area (Å²) in [5, 5.41) is 3.43. The second-order valence-corrected chi connectivity index (χ2v) is 5.08. The van der Waals surface area contributed by atoms with Crippen molar-refractivity contribution in [2.24, 2.45) is 5.92 Å². The molecular formula is C14H22BrNO. The molecule has 0 fully saturated rings. The molecule has 17 heavy (non-hydrogen) atoms. The minimum atomic E-state index is 0.394. The first kappa shape index (κ1) is 14.5. The summed E-state index contributed by atoms with van der Waals surface area (Å²) in [5.74, 6) is 1.55. The van der Waals surface area contributed by atoms with Gasteiger partial charge in [0, 0.05) is 10.5 Å². The molecule has 1 N–H and O–H groups in total. The predicted molar refractivity (Wildman–Crippen MR) is 76.6 cm³/mol. The van der Waals surface area contributed by atoms with Crippen molar-refractivity contribution in [2.75, 3.05) is 14.2 Å². The van der Waals surface area contributed by atoms with E-state index in [1.54, 1.807) is 7.11 Å². The number of halogens is 1. The van der Waals surface area contributed by atoms with E-state index < -0.39 is 0 Å². The standard InChI is InChI=1S/C14H22BrNO/c1-5-10(6-2)14(16-3)12-8-7-11(17-4)9-13(12)15/h7-10,14,16H,5-6H2,1-4H3. The van der Waals surface area contributed by atoms with Gasteiger partial charge in [0.15, 0.2) is 0 Å². The maximum atomic E-state index is 5.23. The van der Waals surface area contributed by atoms with E-state index in [2.05, 4.69) is 41.2 Å². The van der Waals surface area contributed by atoms with Crippen molar-refractivity contribution < 1.29 is 4.74 Å². The molecule has 0 aliphatic rings. The first-order valence-corrected chi connectivity index (χ1v) is 6.97. The molecule has 0 aliphatic carbocycles. The van der Waals surface area contributed by atoms with Gasteiger partial charge in [0.25, 0.3) is 0 Å². The van der Waals surface area contributed by atoms with Gasteiger partial charge < -0.3 is 10.1 Å². The molecule has 3 heteroatoms. The van der Waals surface area contributed by atoms with Crippen molar-refractivity contribution in [1.29, 1.82) is 0 Å². The fourth-order valence-electron chi connectivity index (χ4n) is 2.29. The molecular weight excluding hydrogens is 278 g/mol. The molecule has 1 aromatic carbocycles. The SMILES string of the molecule is CCC(CC)C(NC)c1ccc(OC)cc1Br. The van der Waals surface area contributed by atoms with Crippen LogP contribution in [0.15, 0.2) is 22.7 Å². The first-order valence-electron chi connectivity index (χ1n) is 6.18. The van der Waals surface area contributed by atoms with Gasteiger partial charge in [0.2, 0.25) is 0 Å². The Hall–Kier alpha value is -0.540. The maximum absolute atomic E-state index is 5.23. The lowest BCUT2D eigenvalue weighted by molar-refractivity contribution is 0.358. The highest BCUT2D eigenvalue weighted by Crippen LogP contribution is 2.33. The zero-order valence-electron chi connectivity index (χ0n) is 11.1. The van der Waals surface area contributed by atoms with Crippen molar-refractivity contribution in [2.45, 2.75) is 32.7 Å². The summed E-state index contributed by atoms with van der Waals surface area (Å²) in [6, 6.07) is 6.59. The van der Waals surface area contributed by atoms with E-state index >= 15 is 0 Å². The van der Waals surface area contributed by atoms with Crippen LogP contribution in [0.3, 0.4) is 0 Å². The van der Waals surface area contributed by atoms with E-state index in [9.17, 15) is 0 Å². The van der Waals surface area contributed by atoms with Gasteiger partial charge in [0.1, 0.15) is 5.75 Å². The van der Waals surface area contributed by atoms with E-state index in [1.807, 2.05) is 19.2 Å². The molecule has 0 radical (unpaired) electrons. The van der Waals surface area contributed by atoms with Gasteiger partial charge in [-0.2, -0.15) is 0 Å². The van der Waals surface area contributed by atoms with Gasteiger partial charge in [-0.3, -0.25) is 0 Å². The van der Waals surface area contributed by atoms with Crippen LogP contribution in [0.4, 0.5) is 0 Å². The first-order chi connectivity index (χ1) is 8.17. The van der Waals surface area contributed by atoms with Gasteiger partial charge in [-0.05, 0) is 30.7 Å². The quantitative estimate of drug-likeness (QED) is 0.852. The lowest BCUT2D eigenvalue weighted by Gasteiger charge is -2.26. The number of hydrogen-bond donors (Lipinski definition) is 1. The largest absolute Gasteiger partial charge is 0.497 e. The Morgan fingerprint density at radius 2 is 1.94 bits per heavy atom. The van der Waals surface area contributed by atoms with Crippen LogP contribution in [-0.2, 0) is 0 Å². The van der Waals surface area contributed by atoms with Crippen LogP contribution < -0.4 is 10.1 Å². The van der Waals surface area contributed by atoms with E-state index in [4.69, 9.17) is 4.74 Å². The highest BCUT2D eigenvalue weighted by atomic mass is 79.9. The number of ether oxygens (including phenoxy) is 1. The second kappa shape index (κ2) is 7.02. The van der Waals surface area contributed by atoms with Crippen molar-refractivity contribution in [3.05, 3.63) is 28.2 Å². The fourth-order valence-corrected chi connectivity index (χ4v) is 2.90. The van der Waals surface area contributed by atoms with Crippen LogP contribution in [0.1, 0.15) is 38.3 Å².